The van der Waals surface area contributed by atoms with Crippen LogP contribution in [0.4, 0.5) is 0 Å². The summed E-state index contributed by atoms with van der Waals surface area (Å²) in [5.74, 6) is -0.0809. The molecule has 3 rings (SSSR count). The average Bonchev–Trinajstić information content (AvgIpc) is 3.26. The van der Waals surface area contributed by atoms with Crippen molar-refractivity contribution in [2.24, 2.45) is 0 Å². The SMILES string of the molecule is C=C(NC)c1cc(C(=O)NCCn2cccn2)cc(C(C)c2ccccc2)n1. The molecule has 0 aliphatic rings. The van der Waals surface area contributed by atoms with E-state index in [1.54, 1.807) is 24.0 Å². The maximum absolute atomic E-state index is 12.7. The molecule has 3 aromatic rings. The fourth-order valence-corrected chi connectivity index (χ4v) is 2.92. The first-order valence-electron chi connectivity index (χ1n) is 9.28. The summed E-state index contributed by atoms with van der Waals surface area (Å²) in [4.78, 5) is 17.5. The second-order valence-electron chi connectivity index (χ2n) is 6.55. The Balaban J connectivity index is 1.82. The third-order valence-corrected chi connectivity index (χ3v) is 4.65. The van der Waals surface area contributed by atoms with E-state index in [9.17, 15) is 4.79 Å². The Morgan fingerprint density at radius 1 is 1.21 bits per heavy atom. The van der Waals surface area contributed by atoms with Crippen LogP contribution in [0.1, 0.15) is 40.2 Å². The lowest BCUT2D eigenvalue weighted by Gasteiger charge is -2.16. The molecule has 0 spiro atoms. The number of rotatable bonds is 8. The van der Waals surface area contributed by atoms with Crippen LogP contribution in [0.2, 0.25) is 0 Å². The average molecular weight is 375 g/mol. The number of nitrogens with zero attached hydrogens (tertiary/aromatic N) is 3. The monoisotopic (exact) mass is 375 g/mol. The second kappa shape index (κ2) is 8.99. The molecular weight excluding hydrogens is 350 g/mol. The van der Waals surface area contributed by atoms with Crippen molar-refractivity contribution in [3.05, 3.63) is 90.0 Å². The van der Waals surface area contributed by atoms with Gasteiger partial charge in [0, 0.05) is 43.2 Å². The van der Waals surface area contributed by atoms with Gasteiger partial charge in [0.25, 0.3) is 5.91 Å². The number of pyridine rings is 1. The van der Waals surface area contributed by atoms with E-state index >= 15 is 0 Å². The summed E-state index contributed by atoms with van der Waals surface area (Å²) in [5, 5.41) is 10.1. The molecule has 2 heterocycles. The molecule has 28 heavy (non-hydrogen) atoms. The Bertz CT molecular complexity index is 935. The summed E-state index contributed by atoms with van der Waals surface area (Å²) < 4.78 is 1.78. The van der Waals surface area contributed by atoms with Crippen LogP contribution < -0.4 is 10.6 Å². The molecule has 0 aliphatic carbocycles. The minimum atomic E-state index is -0.138. The Hall–Kier alpha value is -3.41. The number of hydrogen-bond acceptors (Lipinski definition) is 4. The lowest BCUT2D eigenvalue weighted by atomic mass is 9.95. The largest absolute Gasteiger partial charge is 0.387 e. The number of hydrogen-bond donors (Lipinski definition) is 2. The lowest BCUT2D eigenvalue weighted by Crippen LogP contribution is -2.28. The molecule has 0 saturated carbocycles. The van der Waals surface area contributed by atoms with Gasteiger partial charge in [0.2, 0.25) is 0 Å². The quantitative estimate of drug-likeness (QED) is 0.635. The van der Waals surface area contributed by atoms with Crippen LogP contribution in [0.3, 0.4) is 0 Å². The number of carbonyl (C=O) groups excluding carboxylic acids is 1. The number of benzene rings is 1. The highest BCUT2D eigenvalue weighted by Gasteiger charge is 2.16. The van der Waals surface area contributed by atoms with Crippen molar-refractivity contribution in [1.82, 2.24) is 25.4 Å². The van der Waals surface area contributed by atoms with Gasteiger partial charge in [0.1, 0.15) is 0 Å². The fraction of sp³-hybridized carbons (Fsp3) is 0.227. The molecule has 2 aromatic heterocycles. The first-order valence-corrected chi connectivity index (χ1v) is 9.28. The van der Waals surface area contributed by atoms with Crippen molar-refractivity contribution in [1.29, 1.82) is 0 Å². The fourth-order valence-electron chi connectivity index (χ4n) is 2.92. The van der Waals surface area contributed by atoms with Gasteiger partial charge in [0.15, 0.2) is 0 Å². The predicted octanol–water partition coefficient (Wildman–Crippen LogP) is 3.05. The first-order chi connectivity index (χ1) is 13.6. The Labute approximate surface area is 165 Å². The molecule has 0 bridgehead atoms. The van der Waals surface area contributed by atoms with Gasteiger partial charge >= 0.3 is 0 Å². The Morgan fingerprint density at radius 2 is 2.00 bits per heavy atom. The van der Waals surface area contributed by atoms with Gasteiger partial charge in [-0.2, -0.15) is 5.10 Å². The summed E-state index contributed by atoms with van der Waals surface area (Å²) in [6.07, 6.45) is 3.59. The van der Waals surface area contributed by atoms with Crippen molar-refractivity contribution < 1.29 is 4.79 Å². The van der Waals surface area contributed by atoms with Crippen molar-refractivity contribution in [3.63, 3.8) is 0 Å². The molecular formula is C22H25N5O. The molecule has 144 valence electrons. The molecule has 0 radical (unpaired) electrons. The molecule has 6 heteroatoms. The van der Waals surface area contributed by atoms with Gasteiger partial charge in [-0.15, -0.1) is 0 Å². The van der Waals surface area contributed by atoms with E-state index in [1.165, 1.54) is 0 Å². The van der Waals surface area contributed by atoms with Gasteiger partial charge in [-0.05, 0) is 23.8 Å². The van der Waals surface area contributed by atoms with Gasteiger partial charge < -0.3 is 10.6 Å². The molecule has 1 atom stereocenters. The highest BCUT2D eigenvalue weighted by Crippen LogP contribution is 2.24. The van der Waals surface area contributed by atoms with Gasteiger partial charge in [-0.3, -0.25) is 14.5 Å². The van der Waals surface area contributed by atoms with Crippen LogP contribution in [-0.4, -0.2) is 34.3 Å². The van der Waals surface area contributed by atoms with Crippen molar-refractivity contribution >= 4 is 11.6 Å². The second-order valence-corrected chi connectivity index (χ2v) is 6.55. The molecule has 0 saturated heterocycles. The van der Waals surface area contributed by atoms with Gasteiger partial charge in [-0.25, -0.2) is 0 Å². The zero-order valence-electron chi connectivity index (χ0n) is 16.2. The highest BCUT2D eigenvalue weighted by atomic mass is 16.1. The number of aromatic nitrogens is 3. The van der Waals surface area contributed by atoms with Crippen LogP contribution in [0.25, 0.3) is 5.70 Å². The first kappa shape index (κ1) is 19.4. The van der Waals surface area contributed by atoms with Crippen LogP contribution >= 0.6 is 0 Å². The van der Waals surface area contributed by atoms with Crippen molar-refractivity contribution in [3.8, 4) is 0 Å². The van der Waals surface area contributed by atoms with E-state index in [2.05, 4.69) is 41.4 Å². The summed E-state index contributed by atoms with van der Waals surface area (Å²) in [7, 11) is 1.79. The maximum Gasteiger partial charge on any atom is 0.251 e. The van der Waals surface area contributed by atoms with Crippen molar-refractivity contribution in [2.75, 3.05) is 13.6 Å². The van der Waals surface area contributed by atoms with E-state index < -0.39 is 0 Å². The number of nitrogens with one attached hydrogen (secondary N) is 2. The zero-order chi connectivity index (χ0) is 19.9. The zero-order valence-corrected chi connectivity index (χ0v) is 16.2. The minimum absolute atomic E-state index is 0.0569. The molecule has 2 N–H and O–H groups in total. The molecule has 0 fully saturated rings. The predicted molar refractivity (Wildman–Crippen MR) is 111 cm³/mol. The molecule has 1 unspecified atom stereocenters. The minimum Gasteiger partial charge on any atom is -0.387 e. The smallest absolute Gasteiger partial charge is 0.251 e. The van der Waals surface area contributed by atoms with Crippen molar-refractivity contribution in [2.45, 2.75) is 19.4 Å². The standard InChI is InChI=1S/C22H25N5O/c1-16(18-8-5-4-6-9-18)20-14-19(15-21(26-20)17(2)23-3)22(28)24-11-13-27-12-7-10-25-27/h4-10,12,14-16,23H,2,11,13H2,1,3H3,(H,24,28). The summed E-state index contributed by atoms with van der Waals surface area (Å²) in [6, 6.07) is 15.6. The third kappa shape index (κ3) is 4.65. The Kier molecular flexibility index (Phi) is 6.22. The lowest BCUT2D eigenvalue weighted by molar-refractivity contribution is 0.0951. The van der Waals surface area contributed by atoms with E-state index in [1.807, 2.05) is 36.5 Å². The molecule has 1 aromatic carbocycles. The molecule has 6 nitrogen and oxygen atoms in total. The number of amides is 1. The van der Waals surface area contributed by atoms with Gasteiger partial charge in [-0.1, -0.05) is 43.8 Å². The van der Waals surface area contributed by atoms with Crippen LogP contribution in [-0.2, 0) is 6.54 Å². The van der Waals surface area contributed by atoms with Crippen LogP contribution in [0.15, 0.2) is 67.5 Å². The normalized spacial score (nSPS) is 11.6. The number of carbonyl (C=O) groups is 1. The summed E-state index contributed by atoms with van der Waals surface area (Å²) >= 11 is 0. The molecule has 1 amide bonds. The maximum atomic E-state index is 12.7. The van der Waals surface area contributed by atoms with E-state index in [0.717, 1.165) is 11.3 Å². The summed E-state index contributed by atoms with van der Waals surface area (Å²) in [5.41, 5.74) is 3.89. The third-order valence-electron chi connectivity index (χ3n) is 4.65. The van der Waals surface area contributed by atoms with E-state index in [-0.39, 0.29) is 11.8 Å². The van der Waals surface area contributed by atoms with E-state index in [4.69, 9.17) is 4.98 Å². The topological polar surface area (TPSA) is 71.8 Å². The highest BCUT2D eigenvalue weighted by molar-refractivity contribution is 5.95. The van der Waals surface area contributed by atoms with Gasteiger partial charge in [0.05, 0.1) is 17.9 Å². The molecule has 0 aliphatic heterocycles. The van der Waals surface area contributed by atoms with Crippen LogP contribution in [0.5, 0.6) is 0 Å². The summed E-state index contributed by atoms with van der Waals surface area (Å²) in [6.45, 7) is 7.20. The van der Waals surface area contributed by atoms with Crippen LogP contribution in [0, 0.1) is 0 Å². The Morgan fingerprint density at radius 3 is 2.68 bits per heavy atom. The van der Waals surface area contributed by atoms with E-state index in [0.29, 0.717) is 30.0 Å².